The number of anilines is 1. The van der Waals surface area contributed by atoms with E-state index < -0.39 is 0 Å². The van der Waals surface area contributed by atoms with E-state index in [0.29, 0.717) is 28.6 Å². The minimum atomic E-state index is -0.265. The van der Waals surface area contributed by atoms with Gasteiger partial charge in [0.1, 0.15) is 5.75 Å². The molecule has 0 spiro atoms. The molecule has 2 amide bonds. The molecule has 0 aliphatic carbocycles. The molecule has 0 saturated carbocycles. The van der Waals surface area contributed by atoms with Crippen molar-refractivity contribution in [1.82, 2.24) is 5.32 Å². The third-order valence-electron chi connectivity index (χ3n) is 3.17. The van der Waals surface area contributed by atoms with Crippen molar-refractivity contribution in [1.29, 1.82) is 0 Å². The summed E-state index contributed by atoms with van der Waals surface area (Å²) in [4.78, 5) is 23.5. The Morgan fingerprint density at radius 2 is 1.91 bits per heavy atom. The van der Waals surface area contributed by atoms with Gasteiger partial charge in [0.25, 0.3) is 5.91 Å². The van der Waals surface area contributed by atoms with E-state index in [9.17, 15) is 9.59 Å². The highest BCUT2D eigenvalue weighted by Crippen LogP contribution is 2.25. The number of methoxy groups -OCH3 is 1. The third-order valence-corrected chi connectivity index (χ3v) is 3.54. The Hall–Kier alpha value is -2.53. The van der Waals surface area contributed by atoms with Gasteiger partial charge < -0.3 is 15.4 Å². The number of nitrogens with one attached hydrogen (secondary N) is 2. The third kappa shape index (κ3) is 4.47. The number of ether oxygens (including phenoxy) is 1. The fourth-order valence-electron chi connectivity index (χ4n) is 2.06. The van der Waals surface area contributed by atoms with Crippen LogP contribution in [-0.4, -0.2) is 18.9 Å². The fourth-order valence-corrected chi connectivity index (χ4v) is 2.26. The van der Waals surface area contributed by atoms with E-state index in [0.717, 1.165) is 5.56 Å². The van der Waals surface area contributed by atoms with Crippen molar-refractivity contribution in [2.45, 2.75) is 13.5 Å². The molecule has 0 unspecified atom stereocenters. The predicted molar refractivity (Wildman–Crippen MR) is 89.9 cm³/mol. The van der Waals surface area contributed by atoms with Crippen LogP contribution in [0.5, 0.6) is 5.75 Å². The topological polar surface area (TPSA) is 67.4 Å². The van der Waals surface area contributed by atoms with Gasteiger partial charge in [-0.15, -0.1) is 0 Å². The smallest absolute Gasteiger partial charge is 0.251 e. The highest BCUT2D eigenvalue weighted by Gasteiger charge is 2.11. The molecule has 23 heavy (non-hydrogen) atoms. The molecule has 0 bridgehead atoms. The summed E-state index contributed by atoms with van der Waals surface area (Å²) >= 11 is 6.06. The summed E-state index contributed by atoms with van der Waals surface area (Å²) in [5.74, 6) is -0.0149. The van der Waals surface area contributed by atoms with Crippen LogP contribution in [0.15, 0.2) is 42.5 Å². The number of benzene rings is 2. The number of rotatable bonds is 5. The molecule has 0 saturated heterocycles. The van der Waals surface area contributed by atoms with Crippen molar-refractivity contribution in [3.63, 3.8) is 0 Å². The number of carbonyl (C=O) groups excluding carboxylic acids is 2. The lowest BCUT2D eigenvalue weighted by molar-refractivity contribution is -0.114. The van der Waals surface area contributed by atoms with Crippen LogP contribution in [0.4, 0.5) is 5.69 Å². The first-order valence-corrected chi connectivity index (χ1v) is 7.36. The molecule has 6 heteroatoms. The number of halogens is 1. The normalized spacial score (nSPS) is 10.0. The van der Waals surface area contributed by atoms with Crippen LogP contribution in [0.1, 0.15) is 22.8 Å². The van der Waals surface area contributed by atoms with E-state index in [2.05, 4.69) is 10.6 Å². The molecule has 2 N–H and O–H groups in total. The second kappa shape index (κ2) is 7.65. The van der Waals surface area contributed by atoms with Crippen LogP contribution >= 0.6 is 11.6 Å². The molecule has 2 rings (SSSR count). The molecule has 120 valence electrons. The Bertz CT molecular complexity index is 732. The largest absolute Gasteiger partial charge is 0.495 e. The summed E-state index contributed by atoms with van der Waals surface area (Å²) in [6.07, 6.45) is 0. The number of carbonyl (C=O) groups is 2. The van der Waals surface area contributed by atoms with E-state index in [1.54, 1.807) is 24.3 Å². The van der Waals surface area contributed by atoms with Gasteiger partial charge in [-0.2, -0.15) is 0 Å². The Kier molecular flexibility index (Phi) is 5.60. The van der Waals surface area contributed by atoms with Gasteiger partial charge in [0, 0.05) is 24.1 Å². The van der Waals surface area contributed by atoms with Gasteiger partial charge in [-0.3, -0.25) is 9.59 Å². The lowest BCUT2D eigenvalue weighted by Gasteiger charge is -2.11. The summed E-state index contributed by atoms with van der Waals surface area (Å²) in [5, 5.41) is 6.03. The summed E-state index contributed by atoms with van der Waals surface area (Å²) in [6, 6.07) is 12.1. The molecule has 0 aliphatic heterocycles. The van der Waals surface area contributed by atoms with Crippen molar-refractivity contribution in [3.8, 4) is 5.75 Å². The Morgan fingerprint density at radius 1 is 1.17 bits per heavy atom. The van der Waals surface area contributed by atoms with Gasteiger partial charge in [0.05, 0.1) is 12.8 Å². The molecule has 5 nitrogen and oxygen atoms in total. The zero-order chi connectivity index (χ0) is 16.8. The molecule has 2 aromatic carbocycles. The number of amides is 2. The number of hydrogen-bond acceptors (Lipinski definition) is 3. The minimum Gasteiger partial charge on any atom is -0.495 e. The zero-order valence-electron chi connectivity index (χ0n) is 12.9. The van der Waals surface area contributed by atoms with Crippen LogP contribution < -0.4 is 15.4 Å². The average Bonchev–Trinajstić information content (AvgIpc) is 2.53. The summed E-state index contributed by atoms with van der Waals surface area (Å²) < 4.78 is 5.16. The maximum atomic E-state index is 12.3. The van der Waals surface area contributed by atoms with Crippen LogP contribution in [0.2, 0.25) is 5.02 Å². The van der Waals surface area contributed by atoms with Crippen molar-refractivity contribution < 1.29 is 14.3 Å². The van der Waals surface area contributed by atoms with E-state index in [1.165, 1.54) is 14.0 Å². The molecule has 0 aliphatic rings. The molecule has 0 aromatic heterocycles. The van der Waals surface area contributed by atoms with Crippen molar-refractivity contribution in [2.75, 3.05) is 12.4 Å². The Labute approximate surface area is 139 Å². The fraction of sp³-hybridized carbons (Fsp3) is 0.176. The molecular weight excluding hydrogens is 316 g/mol. The lowest BCUT2D eigenvalue weighted by atomic mass is 10.1. The quantitative estimate of drug-likeness (QED) is 0.883. The molecular formula is C17H17ClN2O3. The molecule has 0 fully saturated rings. The van der Waals surface area contributed by atoms with Gasteiger partial charge in [-0.25, -0.2) is 0 Å². The van der Waals surface area contributed by atoms with Gasteiger partial charge in [0.15, 0.2) is 0 Å². The first-order chi connectivity index (χ1) is 11.0. The van der Waals surface area contributed by atoms with Gasteiger partial charge in [-0.05, 0) is 29.8 Å². The van der Waals surface area contributed by atoms with Gasteiger partial charge >= 0.3 is 0 Å². The maximum Gasteiger partial charge on any atom is 0.251 e. The van der Waals surface area contributed by atoms with Crippen molar-refractivity contribution in [2.24, 2.45) is 0 Å². The molecule has 2 aromatic rings. The van der Waals surface area contributed by atoms with Crippen LogP contribution in [-0.2, 0) is 11.3 Å². The SMILES string of the molecule is COc1ccc(C(=O)NCc2ccccc2Cl)cc1NC(C)=O. The maximum absolute atomic E-state index is 12.3. The van der Waals surface area contributed by atoms with Crippen LogP contribution in [0.3, 0.4) is 0 Å². The van der Waals surface area contributed by atoms with E-state index in [-0.39, 0.29) is 11.8 Å². The minimum absolute atomic E-state index is 0.239. The standard InChI is InChI=1S/C17H17ClN2O3/c1-11(21)20-15-9-12(7-8-16(15)23-2)17(22)19-10-13-5-3-4-6-14(13)18/h3-9H,10H2,1-2H3,(H,19,22)(H,20,21). The summed E-state index contributed by atoms with van der Waals surface area (Å²) in [5.41, 5.74) is 1.70. The van der Waals surface area contributed by atoms with Crippen molar-refractivity contribution in [3.05, 3.63) is 58.6 Å². The zero-order valence-corrected chi connectivity index (χ0v) is 13.6. The second-order valence-electron chi connectivity index (χ2n) is 4.87. The van der Waals surface area contributed by atoms with E-state index in [1.807, 2.05) is 18.2 Å². The van der Waals surface area contributed by atoms with E-state index in [4.69, 9.17) is 16.3 Å². The summed E-state index contributed by atoms with van der Waals surface area (Å²) in [6.45, 7) is 1.71. The Balaban J connectivity index is 2.13. The monoisotopic (exact) mass is 332 g/mol. The van der Waals surface area contributed by atoms with Crippen LogP contribution in [0, 0.1) is 0 Å². The predicted octanol–water partition coefficient (Wildman–Crippen LogP) is 3.24. The highest BCUT2D eigenvalue weighted by molar-refractivity contribution is 6.31. The molecule has 0 radical (unpaired) electrons. The Morgan fingerprint density at radius 3 is 2.57 bits per heavy atom. The molecule has 0 atom stereocenters. The van der Waals surface area contributed by atoms with E-state index >= 15 is 0 Å². The van der Waals surface area contributed by atoms with Gasteiger partial charge in [0.2, 0.25) is 5.91 Å². The average molecular weight is 333 g/mol. The lowest BCUT2D eigenvalue weighted by Crippen LogP contribution is -2.23. The van der Waals surface area contributed by atoms with Crippen LogP contribution in [0.25, 0.3) is 0 Å². The highest BCUT2D eigenvalue weighted by atomic mass is 35.5. The van der Waals surface area contributed by atoms with Gasteiger partial charge in [-0.1, -0.05) is 29.8 Å². The second-order valence-corrected chi connectivity index (χ2v) is 5.28. The summed E-state index contributed by atoms with van der Waals surface area (Å²) in [7, 11) is 1.50. The van der Waals surface area contributed by atoms with Crippen molar-refractivity contribution >= 4 is 29.1 Å². The first kappa shape index (κ1) is 16.8. The number of hydrogen-bond donors (Lipinski definition) is 2. The first-order valence-electron chi connectivity index (χ1n) is 6.98. The molecule has 0 heterocycles.